The second-order valence-electron chi connectivity index (χ2n) is 14.8. The summed E-state index contributed by atoms with van der Waals surface area (Å²) in [7, 11) is -2.23. The summed E-state index contributed by atoms with van der Waals surface area (Å²) in [5, 5.41) is 12.5. The Hall–Kier alpha value is -0.231. The van der Waals surface area contributed by atoms with E-state index in [-0.39, 0.29) is 40.1 Å². The smallest absolute Gasteiger partial charge is 0.302 e. The van der Waals surface area contributed by atoms with Crippen LogP contribution in [-0.2, 0) is 43.7 Å². The summed E-state index contributed by atoms with van der Waals surface area (Å²) in [6.07, 6.45) is 22.6. The van der Waals surface area contributed by atoms with E-state index in [4.69, 9.17) is 4.74 Å². The average molecular weight is 769 g/mol. The van der Waals surface area contributed by atoms with Crippen molar-refractivity contribution in [3.05, 3.63) is 60.7 Å². The molecule has 0 amide bonds. The van der Waals surface area contributed by atoms with E-state index >= 15 is 0 Å². The van der Waals surface area contributed by atoms with Gasteiger partial charge in [0.2, 0.25) is 0 Å². The van der Waals surface area contributed by atoms with Gasteiger partial charge in [0.15, 0.2) is 0 Å². The molecule has 2 aromatic carbocycles. The summed E-state index contributed by atoms with van der Waals surface area (Å²) in [5.41, 5.74) is 1.44. The first-order valence-electron chi connectivity index (χ1n) is 18.2. The van der Waals surface area contributed by atoms with Crippen molar-refractivity contribution in [2.45, 2.75) is 121 Å². The summed E-state index contributed by atoms with van der Waals surface area (Å²) in [4.78, 5) is 11.0. The van der Waals surface area contributed by atoms with E-state index in [2.05, 4.69) is 87.3 Å². The van der Waals surface area contributed by atoms with Gasteiger partial charge in [0.1, 0.15) is 0 Å². The van der Waals surface area contributed by atoms with Crippen LogP contribution in [0.4, 0.5) is 0 Å². The SMILES string of the molecule is C1CCCC1.C1CCCC1.CC(=O)OCC1CCCC1[P+](C)(C)c1ccccc1.C[P+](C)(c1ccccc1)C1CCCC1CO.[Fe].[Fe]. The van der Waals surface area contributed by atoms with Crippen molar-refractivity contribution in [3.8, 4) is 0 Å². The zero-order valence-corrected chi connectivity index (χ0v) is 34.2. The number of ether oxygens (including phenoxy) is 1. The number of esters is 1. The molecule has 4 unspecified atom stereocenters. The Bertz CT molecular complexity index is 1050. The average Bonchev–Trinajstić information content (AvgIpc) is 3.90. The standard InChI is InChI=1S/C16H24O2P.C14H22OP.2C5H10.2Fe/c1-13(17)18-12-14-8-7-11-16(14)19(2,3)15-9-5-4-6-10-15;1-16(2,13-8-4-3-5-9-13)14-10-6-7-12(14)11-15;2*1-2-4-5-3-1;;/h4-6,9-10,14,16H,7-8,11-12H2,1-3H3;3-5,8-9,12,14-15H,6-7,10-11H2,1-2H3;2*1-5H2;;/q2*+1;;;;. The fourth-order valence-corrected chi connectivity index (χ4v) is 15.0. The molecule has 47 heavy (non-hydrogen) atoms. The van der Waals surface area contributed by atoms with E-state index in [1.54, 1.807) is 0 Å². The van der Waals surface area contributed by atoms with Gasteiger partial charge in [-0.2, -0.15) is 0 Å². The Morgan fingerprint density at radius 3 is 1.28 bits per heavy atom. The van der Waals surface area contributed by atoms with Gasteiger partial charge >= 0.3 is 5.97 Å². The molecule has 7 heteroatoms. The largest absolute Gasteiger partial charge is 0.465 e. The van der Waals surface area contributed by atoms with Crippen LogP contribution >= 0.6 is 14.5 Å². The van der Waals surface area contributed by atoms with Gasteiger partial charge in [0.05, 0.1) is 55.2 Å². The first-order valence-corrected chi connectivity index (χ1v) is 23.7. The van der Waals surface area contributed by atoms with Crippen molar-refractivity contribution < 1.29 is 48.8 Å². The van der Waals surface area contributed by atoms with Crippen molar-refractivity contribution in [3.63, 3.8) is 0 Å². The second kappa shape index (κ2) is 24.0. The van der Waals surface area contributed by atoms with Crippen molar-refractivity contribution >= 4 is 31.1 Å². The summed E-state index contributed by atoms with van der Waals surface area (Å²) >= 11 is 0. The molecular formula is C40H66Fe2O3P2+2. The molecule has 3 nitrogen and oxygen atoms in total. The van der Waals surface area contributed by atoms with Gasteiger partial charge < -0.3 is 9.84 Å². The van der Waals surface area contributed by atoms with Gasteiger partial charge in [-0.15, -0.1) is 0 Å². The van der Waals surface area contributed by atoms with Gasteiger partial charge in [0.25, 0.3) is 0 Å². The third-order valence-corrected chi connectivity index (χ3v) is 18.9. The van der Waals surface area contributed by atoms with Gasteiger partial charge in [-0.05, 0) is 62.8 Å². The van der Waals surface area contributed by atoms with Crippen molar-refractivity contribution in [2.24, 2.45) is 11.8 Å². The number of hydrogen-bond donors (Lipinski definition) is 1. The van der Waals surface area contributed by atoms with Gasteiger partial charge in [-0.3, -0.25) is 4.79 Å². The Morgan fingerprint density at radius 2 is 0.936 bits per heavy atom. The van der Waals surface area contributed by atoms with Crippen LogP contribution in [0, 0.1) is 11.8 Å². The van der Waals surface area contributed by atoms with Gasteiger partial charge in [-0.25, -0.2) is 0 Å². The third-order valence-electron chi connectivity index (χ3n) is 11.0. The number of rotatable bonds is 7. The van der Waals surface area contributed by atoms with Crippen molar-refractivity contribution in [1.29, 1.82) is 0 Å². The number of benzene rings is 2. The van der Waals surface area contributed by atoms with E-state index in [1.165, 1.54) is 120 Å². The zero-order chi connectivity index (χ0) is 32.5. The molecule has 0 bridgehead atoms. The van der Waals surface area contributed by atoms with Crippen molar-refractivity contribution in [2.75, 3.05) is 39.9 Å². The molecule has 4 aliphatic rings. The topological polar surface area (TPSA) is 46.5 Å². The third kappa shape index (κ3) is 14.9. The molecule has 2 aromatic rings. The van der Waals surface area contributed by atoms with Crippen LogP contribution < -0.4 is 10.6 Å². The molecule has 0 spiro atoms. The second-order valence-corrected chi connectivity index (χ2v) is 23.3. The molecule has 0 aromatic heterocycles. The summed E-state index contributed by atoms with van der Waals surface area (Å²) in [5.74, 6) is 0.942. The molecule has 4 aliphatic carbocycles. The monoisotopic (exact) mass is 768 g/mol. The predicted molar refractivity (Wildman–Crippen MR) is 202 cm³/mol. The van der Waals surface area contributed by atoms with Gasteiger partial charge in [0, 0.05) is 74.0 Å². The van der Waals surface area contributed by atoms with E-state index in [0.717, 1.165) is 5.66 Å². The maximum absolute atomic E-state index is 11.0. The number of hydrogen-bond acceptors (Lipinski definition) is 3. The van der Waals surface area contributed by atoms with Crippen LogP contribution in [-0.4, -0.2) is 62.3 Å². The van der Waals surface area contributed by atoms with E-state index < -0.39 is 14.5 Å². The molecule has 1 N–H and O–H groups in total. The molecule has 6 rings (SSSR count). The first-order chi connectivity index (χ1) is 21.7. The van der Waals surface area contributed by atoms with Crippen LogP contribution in [0.5, 0.6) is 0 Å². The Kier molecular flexibility index (Phi) is 22.9. The normalized spacial score (nSPS) is 23.4. The van der Waals surface area contributed by atoms with E-state index in [9.17, 15) is 9.90 Å². The quantitative estimate of drug-likeness (QED) is 0.173. The van der Waals surface area contributed by atoms with Crippen LogP contribution in [0.15, 0.2) is 60.7 Å². The molecule has 4 atom stereocenters. The fourth-order valence-electron chi connectivity index (χ4n) is 8.14. The molecule has 0 heterocycles. The van der Waals surface area contributed by atoms with E-state index in [1.807, 2.05) is 0 Å². The predicted octanol–water partition coefficient (Wildman–Crippen LogP) is 9.97. The number of aliphatic hydroxyl groups is 1. The van der Waals surface area contributed by atoms with E-state index in [0.29, 0.717) is 30.7 Å². The Balaban J connectivity index is 0.000000353. The van der Waals surface area contributed by atoms with Crippen LogP contribution in [0.2, 0.25) is 0 Å². The van der Waals surface area contributed by atoms with Gasteiger partial charge in [-0.1, -0.05) is 101 Å². The summed E-state index contributed by atoms with van der Waals surface area (Å²) in [6.45, 7) is 12.2. The van der Waals surface area contributed by atoms with Crippen LogP contribution in [0.1, 0.15) is 110 Å². The molecule has 0 aliphatic heterocycles. The molecule has 4 saturated carbocycles. The number of carbonyl (C=O) groups is 1. The maximum Gasteiger partial charge on any atom is 0.302 e. The minimum Gasteiger partial charge on any atom is -0.465 e. The molecular weight excluding hydrogens is 702 g/mol. The minimum atomic E-state index is -1.15. The Morgan fingerprint density at radius 1 is 0.596 bits per heavy atom. The number of aliphatic hydroxyl groups excluding tert-OH is 1. The Labute approximate surface area is 311 Å². The molecule has 0 saturated heterocycles. The molecule has 0 radical (unpaired) electrons. The minimum absolute atomic E-state index is 0. The molecule has 4 fully saturated rings. The summed E-state index contributed by atoms with van der Waals surface area (Å²) in [6, 6.07) is 21.8. The maximum atomic E-state index is 11.0. The van der Waals surface area contributed by atoms with Crippen LogP contribution in [0.3, 0.4) is 0 Å². The number of carbonyl (C=O) groups excluding carboxylic acids is 1. The zero-order valence-electron chi connectivity index (χ0n) is 30.2. The van der Waals surface area contributed by atoms with Crippen molar-refractivity contribution in [1.82, 2.24) is 0 Å². The van der Waals surface area contributed by atoms with Crippen LogP contribution in [0.25, 0.3) is 0 Å². The summed E-state index contributed by atoms with van der Waals surface area (Å²) < 4.78 is 5.27. The fraction of sp³-hybridized carbons (Fsp3) is 0.675. The first kappa shape index (κ1) is 44.8. The molecule has 268 valence electrons.